The van der Waals surface area contributed by atoms with Gasteiger partial charge in [0.1, 0.15) is 5.75 Å². The summed E-state index contributed by atoms with van der Waals surface area (Å²) in [5, 5.41) is 16.8. The summed E-state index contributed by atoms with van der Waals surface area (Å²) in [4.78, 5) is 0. The summed E-state index contributed by atoms with van der Waals surface area (Å²) in [5.74, 6) is -0.0442. The lowest BCUT2D eigenvalue weighted by molar-refractivity contribution is -0.274. The minimum Gasteiger partial charge on any atom is -0.405 e. The maximum Gasteiger partial charge on any atom is 0.573 e. The second-order valence-corrected chi connectivity index (χ2v) is 8.57. The van der Waals surface area contributed by atoms with Gasteiger partial charge >= 0.3 is 6.36 Å². The molecule has 3 aromatic rings. The summed E-state index contributed by atoms with van der Waals surface area (Å²) in [6.07, 6.45) is -4.16. The van der Waals surface area contributed by atoms with Gasteiger partial charge in [-0.25, -0.2) is 0 Å². The van der Waals surface area contributed by atoms with Gasteiger partial charge in [0.05, 0.1) is 0 Å². The Hall–Kier alpha value is -2.87. The third kappa shape index (κ3) is 5.97. The summed E-state index contributed by atoms with van der Waals surface area (Å²) in [6.45, 7) is 0.972. The van der Waals surface area contributed by atoms with Crippen molar-refractivity contribution in [1.29, 1.82) is 0 Å². The normalized spacial score (nSPS) is 20.6. The molecule has 3 aromatic carbocycles. The Morgan fingerprint density at radius 1 is 0.912 bits per heavy atom. The molecule has 0 unspecified atom stereocenters. The molecular weight excluding hydrogens is 441 g/mol. The van der Waals surface area contributed by atoms with Crippen LogP contribution >= 0.6 is 0 Å². The Morgan fingerprint density at radius 3 is 2.09 bits per heavy atom. The Labute approximate surface area is 197 Å². The van der Waals surface area contributed by atoms with Crippen LogP contribution in [0.2, 0.25) is 0 Å². The average molecular weight is 471 g/mol. The second-order valence-electron chi connectivity index (χ2n) is 8.57. The Kier molecular flexibility index (Phi) is 7.88. The van der Waals surface area contributed by atoms with Crippen LogP contribution in [0, 0.1) is 5.92 Å². The summed E-state index contributed by atoms with van der Waals surface area (Å²) in [7, 11) is 0. The number of aliphatic hydroxyl groups excluding tert-OH is 1. The molecule has 1 fully saturated rings. The molecule has 0 spiro atoms. The molecule has 1 aliphatic rings. The van der Waals surface area contributed by atoms with Gasteiger partial charge in [0.2, 0.25) is 0 Å². The van der Waals surface area contributed by atoms with Crippen molar-refractivity contribution in [3.05, 3.63) is 102 Å². The monoisotopic (exact) mass is 470 g/mol. The molecule has 3 atom stereocenters. The zero-order valence-electron chi connectivity index (χ0n) is 18.7. The molecule has 0 aromatic heterocycles. The van der Waals surface area contributed by atoms with Gasteiger partial charge < -0.3 is 20.5 Å². The molecule has 1 saturated heterocycles. The number of halogens is 3. The molecule has 4 rings (SSSR count). The van der Waals surface area contributed by atoms with Crippen molar-refractivity contribution in [1.82, 2.24) is 10.6 Å². The Bertz CT molecular complexity index is 991. The van der Waals surface area contributed by atoms with E-state index in [4.69, 9.17) is 0 Å². The van der Waals surface area contributed by atoms with Crippen LogP contribution in [0.4, 0.5) is 13.2 Å². The molecule has 1 aliphatic heterocycles. The average Bonchev–Trinajstić information content (AvgIpc) is 3.21. The lowest BCUT2D eigenvalue weighted by atomic mass is 9.80. The smallest absolute Gasteiger partial charge is 0.405 e. The lowest BCUT2D eigenvalue weighted by Gasteiger charge is -2.32. The van der Waals surface area contributed by atoms with Crippen molar-refractivity contribution in [3.8, 4) is 5.75 Å². The van der Waals surface area contributed by atoms with Crippen LogP contribution in [0.3, 0.4) is 0 Å². The number of benzene rings is 3. The van der Waals surface area contributed by atoms with E-state index in [2.05, 4.69) is 39.6 Å². The molecule has 180 valence electrons. The van der Waals surface area contributed by atoms with Crippen LogP contribution in [-0.2, 0) is 6.54 Å². The van der Waals surface area contributed by atoms with E-state index < -0.39 is 6.36 Å². The second kappa shape index (κ2) is 11.0. The van der Waals surface area contributed by atoms with Gasteiger partial charge in [-0.15, -0.1) is 13.2 Å². The largest absolute Gasteiger partial charge is 0.573 e. The third-order valence-corrected chi connectivity index (χ3v) is 6.41. The number of aliphatic hydroxyl groups is 1. The number of ether oxygens (including phenoxy) is 1. The van der Waals surface area contributed by atoms with E-state index in [1.54, 1.807) is 12.1 Å². The van der Waals surface area contributed by atoms with E-state index in [0.29, 0.717) is 18.5 Å². The molecular formula is C27H29F3N2O2. The van der Waals surface area contributed by atoms with Gasteiger partial charge in [0, 0.05) is 36.7 Å². The van der Waals surface area contributed by atoms with Crippen LogP contribution < -0.4 is 15.4 Å². The van der Waals surface area contributed by atoms with Crippen molar-refractivity contribution < 1.29 is 23.0 Å². The summed E-state index contributed by atoms with van der Waals surface area (Å²) < 4.78 is 42.9. The molecule has 1 heterocycles. The summed E-state index contributed by atoms with van der Waals surface area (Å²) >= 11 is 0. The topological polar surface area (TPSA) is 53.5 Å². The van der Waals surface area contributed by atoms with E-state index >= 15 is 0 Å². The van der Waals surface area contributed by atoms with Crippen molar-refractivity contribution in [2.45, 2.75) is 37.3 Å². The van der Waals surface area contributed by atoms with Gasteiger partial charge in [-0.1, -0.05) is 78.9 Å². The fourth-order valence-corrected chi connectivity index (χ4v) is 4.93. The number of para-hydroxylation sites is 1. The van der Waals surface area contributed by atoms with E-state index in [0.717, 1.165) is 11.1 Å². The van der Waals surface area contributed by atoms with Crippen molar-refractivity contribution in [2.75, 3.05) is 13.2 Å². The van der Waals surface area contributed by atoms with Crippen molar-refractivity contribution >= 4 is 0 Å². The van der Waals surface area contributed by atoms with E-state index in [1.165, 1.54) is 12.1 Å². The van der Waals surface area contributed by atoms with E-state index in [9.17, 15) is 18.3 Å². The zero-order chi connectivity index (χ0) is 24.0. The molecule has 0 saturated carbocycles. The number of nitrogens with one attached hydrogen (secondary N) is 2. The highest BCUT2D eigenvalue weighted by Crippen LogP contribution is 2.35. The van der Waals surface area contributed by atoms with Gasteiger partial charge in [0.15, 0.2) is 0 Å². The van der Waals surface area contributed by atoms with Crippen LogP contribution in [0.15, 0.2) is 84.9 Å². The lowest BCUT2D eigenvalue weighted by Crippen LogP contribution is -2.46. The fourth-order valence-electron chi connectivity index (χ4n) is 4.93. The van der Waals surface area contributed by atoms with E-state index in [1.807, 2.05) is 36.4 Å². The van der Waals surface area contributed by atoms with Crippen LogP contribution in [0.1, 0.15) is 29.0 Å². The highest BCUT2D eigenvalue weighted by atomic mass is 19.4. The molecule has 0 radical (unpaired) electrons. The minimum absolute atomic E-state index is 0.0166. The molecule has 4 nitrogen and oxygen atoms in total. The molecule has 7 heteroatoms. The molecule has 3 N–H and O–H groups in total. The van der Waals surface area contributed by atoms with Crippen molar-refractivity contribution in [3.63, 3.8) is 0 Å². The first-order chi connectivity index (χ1) is 16.5. The van der Waals surface area contributed by atoms with Gasteiger partial charge in [-0.2, -0.15) is 0 Å². The zero-order valence-corrected chi connectivity index (χ0v) is 18.7. The highest BCUT2D eigenvalue weighted by Gasteiger charge is 2.41. The van der Waals surface area contributed by atoms with Gasteiger partial charge in [0.25, 0.3) is 0 Å². The molecule has 0 aliphatic carbocycles. The Balaban J connectivity index is 1.63. The van der Waals surface area contributed by atoms with E-state index in [-0.39, 0.29) is 42.8 Å². The highest BCUT2D eigenvalue weighted by molar-refractivity contribution is 5.37. The fraction of sp³-hybridized carbons (Fsp3) is 0.333. The Morgan fingerprint density at radius 2 is 1.50 bits per heavy atom. The third-order valence-electron chi connectivity index (χ3n) is 6.41. The summed E-state index contributed by atoms with van der Waals surface area (Å²) in [5.41, 5.74) is 2.75. The van der Waals surface area contributed by atoms with Crippen LogP contribution in [-0.4, -0.2) is 36.7 Å². The number of hydrogen-bond acceptors (Lipinski definition) is 4. The molecule has 34 heavy (non-hydrogen) atoms. The maximum absolute atomic E-state index is 12.9. The minimum atomic E-state index is -4.75. The van der Waals surface area contributed by atoms with Crippen LogP contribution in [0.25, 0.3) is 0 Å². The SMILES string of the molecule is OCC[C@H]1CN[C@@H](C(c2ccccc2)c2ccccc2)[C@H]1NCc1ccccc1OC(F)(F)F. The molecule has 0 amide bonds. The first-order valence-electron chi connectivity index (χ1n) is 11.5. The standard InChI is InChI=1S/C27H29F3N2O2/c28-27(29,30)34-23-14-8-7-13-21(23)17-31-25-22(15-16-33)18-32-26(25)24(19-9-3-1-4-10-19)20-11-5-2-6-12-20/h1-14,22,24-26,31-33H,15-18H2/t22-,25-,26-/m0/s1. The van der Waals surface area contributed by atoms with Gasteiger partial charge in [-0.3, -0.25) is 0 Å². The van der Waals surface area contributed by atoms with Crippen LogP contribution in [0.5, 0.6) is 5.75 Å². The molecule has 0 bridgehead atoms. The maximum atomic E-state index is 12.9. The first-order valence-corrected chi connectivity index (χ1v) is 11.5. The number of hydrogen-bond donors (Lipinski definition) is 3. The van der Waals surface area contributed by atoms with Crippen molar-refractivity contribution in [2.24, 2.45) is 5.92 Å². The first kappa shape index (κ1) is 24.3. The predicted molar refractivity (Wildman–Crippen MR) is 125 cm³/mol. The van der Waals surface area contributed by atoms with Gasteiger partial charge in [-0.05, 0) is 36.1 Å². The number of rotatable bonds is 9. The number of alkyl halides is 3. The predicted octanol–water partition coefficient (Wildman–Crippen LogP) is 4.85. The summed E-state index contributed by atoms with van der Waals surface area (Å²) in [6, 6.07) is 26.5. The quantitative estimate of drug-likeness (QED) is 0.419.